The van der Waals surface area contributed by atoms with Crippen molar-refractivity contribution in [3.05, 3.63) is 76.9 Å². The van der Waals surface area contributed by atoms with E-state index in [1.54, 1.807) is 26.8 Å². The van der Waals surface area contributed by atoms with Crippen LogP contribution >= 0.6 is 0 Å². The summed E-state index contributed by atoms with van der Waals surface area (Å²) < 4.78 is 9.65. The molecule has 0 bridgehead atoms. The maximum atomic E-state index is 12.1. The summed E-state index contributed by atoms with van der Waals surface area (Å²) in [5, 5.41) is 0. The van der Waals surface area contributed by atoms with Gasteiger partial charge in [0.05, 0.1) is 13.2 Å². The zero-order chi connectivity index (χ0) is 32.4. The van der Waals surface area contributed by atoms with E-state index in [0.717, 1.165) is 23.1 Å². The van der Waals surface area contributed by atoms with Crippen molar-refractivity contribution < 1.29 is 28.7 Å². The molecule has 0 aliphatic heterocycles. The van der Waals surface area contributed by atoms with Crippen LogP contribution in [-0.4, -0.2) is 36.7 Å². The van der Waals surface area contributed by atoms with Crippen LogP contribution in [0, 0.1) is 23.7 Å². The van der Waals surface area contributed by atoms with Crippen molar-refractivity contribution in [1.29, 1.82) is 0 Å². The molecule has 1 aliphatic carbocycles. The SMILES string of the molecule is C#Cc1ccc(CCCC)cc1.CCCCc1ccc(C2=CC2(C(C)=O)C(=O)OCC)cc1.CCOC(=O)C(C)C(C)=O. The van der Waals surface area contributed by atoms with Crippen LogP contribution in [0.25, 0.3) is 5.57 Å². The lowest BCUT2D eigenvalue weighted by Crippen LogP contribution is -2.29. The molecular weight excluding hydrogens is 540 g/mol. The highest BCUT2D eigenvalue weighted by Crippen LogP contribution is 2.52. The fourth-order valence-corrected chi connectivity index (χ4v) is 4.15. The van der Waals surface area contributed by atoms with Crippen LogP contribution in [0.3, 0.4) is 0 Å². The van der Waals surface area contributed by atoms with E-state index in [1.807, 2.05) is 24.3 Å². The number of carbonyl (C=O) groups is 4. The molecule has 6 heteroatoms. The van der Waals surface area contributed by atoms with Crippen molar-refractivity contribution in [1.82, 2.24) is 0 Å². The minimum atomic E-state index is -1.14. The van der Waals surface area contributed by atoms with Gasteiger partial charge in [-0.15, -0.1) is 6.42 Å². The number of carbonyl (C=O) groups excluding carboxylic acids is 4. The number of unbranched alkanes of at least 4 members (excludes halogenated alkanes) is 2. The number of hydrogen-bond donors (Lipinski definition) is 0. The Labute approximate surface area is 258 Å². The molecule has 232 valence electrons. The number of esters is 2. The Kier molecular flexibility index (Phi) is 16.6. The Bertz CT molecular complexity index is 1260. The maximum absolute atomic E-state index is 12.1. The van der Waals surface area contributed by atoms with Gasteiger partial charge in [-0.1, -0.05) is 69.0 Å². The molecule has 43 heavy (non-hydrogen) atoms. The van der Waals surface area contributed by atoms with Crippen molar-refractivity contribution in [3.8, 4) is 12.3 Å². The van der Waals surface area contributed by atoms with Gasteiger partial charge in [0, 0.05) is 5.56 Å². The normalized spacial score (nSPS) is 15.2. The second-order valence-electron chi connectivity index (χ2n) is 10.5. The minimum Gasteiger partial charge on any atom is -0.465 e. The van der Waals surface area contributed by atoms with Gasteiger partial charge in [0.15, 0.2) is 11.2 Å². The summed E-state index contributed by atoms with van der Waals surface area (Å²) >= 11 is 0. The first-order chi connectivity index (χ1) is 20.5. The van der Waals surface area contributed by atoms with Gasteiger partial charge in [-0.05, 0) is 101 Å². The van der Waals surface area contributed by atoms with Gasteiger partial charge in [-0.25, -0.2) is 0 Å². The Balaban J connectivity index is 0.000000357. The van der Waals surface area contributed by atoms with Gasteiger partial charge in [0.1, 0.15) is 11.7 Å². The molecule has 0 radical (unpaired) electrons. The smallest absolute Gasteiger partial charge is 0.328 e. The van der Waals surface area contributed by atoms with E-state index in [9.17, 15) is 19.2 Å². The molecule has 2 unspecified atom stereocenters. The Hall–Kier alpha value is -3.98. The average Bonchev–Trinajstić information content (AvgIpc) is 3.77. The number of terminal acetylenes is 1. The molecule has 0 spiro atoms. The molecule has 0 saturated carbocycles. The average molecular weight is 589 g/mol. The summed E-state index contributed by atoms with van der Waals surface area (Å²) in [5.74, 6) is 0.779. The topological polar surface area (TPSA) is 86.7 Å². The van der Waals surface area contributed by atoms with E-state index >= 15 is 0 Å². The Morgan fingerprint density at radius 2 is 1.28 bits per heavy atom. The maximum Gasteiger partial charge on any atom is 0.328 e. The van der Waals surface area contributed by atoms with Gasteiger partial charge in [-0.3, -0.25) is 19.2 Å². The van der Waals surface area contributed by atoms with Gasteiger partial charge in [-0.2, -0.15) is 0 Å². The fourth-order valence-electron chi connectivity index (χ4n) is 4.15. The van der Waals surface area contributed by atoms with Gasteiger partial charge in [0.2, 0.25) is 0 Å². The second-order valence-corrected chi connectivity index (χ2v) is 10.5. The zero-order valence-corrected chi connectivity index (χ0v) is 27.0. The molecule has 0 N–H and O–H groups in total. The number of rotatable bonds is 13. The monoisotopic (exact) mass is 588 g/mol. The van der Waals surface area contributed by atoms with Gasteiger partial charge >= 0.3 is 11.9 Å². The van der Waals surface area contributed by atoms with Crippen LogP contribution in [0.15, 0.2) is 54.6 Å². The lowest BCUT2D eigenvalue weighted by molar-refractivity contribution is -0.152. The molecule has 0 heterocycles. The highest BCUT2D eigenvalue weighted by molar-refractivity contribution is 6.24. The van der Waals surface area contributed by atoms with Crippen LogP contribution < -0.4 is 0 Å². The molecule has 1 aliphatic rings. The molecule has 2 atom stereocenters. The van der Waals surface area contributed by atoms with E-state index < -0.39 is 23.3 Å². The number of Topliss-reactive ketones (excluding diaryl/α,β-unsaturated/α-hetero) is 2. The van der Waals surface area contributed by atoms with Crippen LogP contribution in [0.2, 0.25) is 0 Å². The summed E-state index contributed by atoms with van der Waals surface area (Å²) in [4.78, 5) is 45.2. The predicted octanol–water partition coefficient (Wildman–Crippen LogP) is 7.35. The minimum absolute atomic E-state index is 0.154. The largest absolute Gasteiger partial charge is 0.465 e. The fraction of sp³-hybridized carbons (Fsp3) is 0.459. The van der Waals surface area contributed by atoms with E-state index in [1.165, 1.54) is 57.1 Å². The van der Waals surface area contributed by atoms with Crippen LogP contribution in [0.5, 0.6) is 0 Å². The molecule has 0 amide bonds. The quantitative estimate of drug-likeness (QED) is 0.138. The Morgan fingerprint density at radius 1 is 0.791 bits per heavy atom. The van der Waals surface area contributed by atoms with Crippen molar-refractivity contribution in [2.24, 2.45) is 11.3 Å². The van der Waals surface area contributed by atoms with Crippen molar-refractivity contribution >= 4 is 29.1 Å². The number of hydrogen-bond acceptors (Lipinski definition) is 6. The molecular formula is C37H48O6. The number of aryl methyl sites for hydroxylation is 2. The van der Waals surface area contributed by atoms with Crippen LogP contribution in [-0.2, 0) is 41.5 Å². The summed E-state index contributed by atoms with van der Waals surface area (Å²) in [6.45, 7) is 12.8. The molecule has 0 aromatic heterocycles. The highest BCUT2D eigenvalue weighted by Gasteiger charge is 2.56. The summed E-state index contributed by atoms with van der Waals surface area (Å²) in [7, 11) is 0. The third kappa shape index (κ3) is 11.7. The Morgan fingerprint density at radius 3 is 1.67 bits per heavy atom. The van der Waals surface area contributed by atoms with Crippen LogP contribution in [0.1, 0.15) is 96.4 Å². The first-order valence-electron chi connectivity index (χ1n) is 15.3. The molecule has 6 nitrogen and oxygen atoms in total. The predicted molar refractivity (Wildman–Crippen MR) is 172 cm³/mol. The van der Waals surface area contributed by atoms with E-state index in [2.05, 4.69) is 48.8 Å². The third-order valence-electron chi connectivity index (χ3n) is 7.13. The van der Waals surface area contributed by atoms with Gasteiger partial charge < -0.3 is 9.47 Å². The number of ether oxygens (including phenoxy) is 2. The first-order valence-corrected chi connectivity index (χ1v) is 15.3. The van der Waals surface area contributed by atoms with Crippen molar-refractivity contribution in [2.75, 3.05) is 13.2 Å². The lowest BCUT2D eigenvalue weighted by atomic mass is 9.92. The molecule has 2 aromatic carbocycles. The second kappa shape index (κ2) is 19.3. The van der Waals surface area contributed by atoms with Crippen LogP contribution in [0.4, 0.5) is 0 Å². The number of benzene rings is 2. The summed E-state index contributed by atoms with van der Waals surface area (Å²) in [6.07, 6.45) is 14.0. The molecule has 2 aromatic rings. The van der Waals surface area contributed by atoms with Crippen molar-refractivity contribution in [2.45, 2.75) is 87.0 Å². The number of ketones is 2. The summed E-state index contributed by atoms with van der Waals surface area (Å²) in [5.41, 5.74) is 4.20. The van der Waals surface area contributed by atoms with Crippen molar-refractivity contribution in [3.63, 3.8) is 0 Å². The highest BCUT2D eigenvalue weighted by atomic mass is 16.5. The van der Waals surface area contributed by atoms with E-state index in [4.69, 9.17) is 11.2 Å². The first kappa shape index (κ1) is 37.0. The summed E-state index contributed by atoms with van der Waals surface area (Å²) in [6, 6.07) is 16.4. The lowest BCUT2D eigenvalue weighted by Gasteiger charge is -2.14. The third-order valence-corrected chi connectivity index (χ3v) is 7.13. The molecule has 0 fully saturated rings. The molecule has 0 saturated heterocycles. The van der Waals surface area contributed by atoms with E-state index in [-0.39, 0.29) is 18.2 Å². The molecule has 3 rings (SSSR count). The zero-order valence-electron chi connectivity index (χ0n) is 27.0. The van der Waals surface area contributed by atoms with Gasteiger partial charge in [0.25, 0.3) is 0 Å². The standard InChI is InChI=1S/C18H22O3.C12H14.C7H12O3/c1-4-6-7-14-8-10-15(11-9-14)16-12-18(16,13(3)19)17(20)21-5-2;1-3-5-6-12-9-7-11(4-2)8-10-12;1-4-10-7(9)5(2)6(3)8/h8-12H,4-7H2,1-3H3;2,7-10H,3,5-6H2,1H3;5H,4H2,1-3H3. The van der Waals surface area contributed by atoms with E-state index in [0.29, 0.717) is 6.61 Å².